The zero-order valence-corrected chi connectivity index (χ0v) is 15.2. The van der Waals surface area contributed by atoms with Crippen molar-refractivity contribution in [3.8, 4) is 0 Å². The van der Waals surface area contributed by atoms with Gasteiger partial charge in [0.15, 0.2) is 0 Å². The smallest absolute Gasteiger partial charge is 0.296 e. The quantitative estimate of drug-likeness (QED) is 0.547. The van der Waals surface area contributed by atoms with E-state index >= 15 is 0 Å². The van der Waals surface area contributed by atoms with E-state index in [4.69, 9.17) is 11.6 Å². The SMILES string of the molecule is Cc1cc(C(=O)C(=O)Nc2ccncc2)c(C)n1Cc1ccc(Cl)cc1. The molecule has 0 atom stereocenters. The normalized spacial score (nSPS) is 10.6. The number of hydrogen-bond acceptors (Lipinski definition) is 3. The maximum atomic E-state index is 12.6. The van der Waals surface area contributed by atoms with Crippen LogP contribution in [0.3, 0.4) is 0 Å². The minimum Gasteiger partial charge on any atom is -0.344 e. The van der Waals surface area contributed by atoms with Crippen molar-refractivity contribution >= 4 is 29.0 Å². The van der Waals surface area contributed by atoms with Gasteiger partial charge in [-0.25, -0.2) is 0 Å². The van der Waals surface area contributed by atoms with Crippen molar-refractivity contribution in [2.75, 3.05) is 5.32 Å². The molecule has 3 aromatic rings. The van der Waals surface area contributed by atoms with Crippen molar-refractivity contribution in [3.05, 3.63) is 82.4 Å². The summed E-state index contributed by atoms with van der Waals surface area (Å²) < 4.78 is 2.01. The van der Waals surface area contributed by atoms with E-state index < -0.39 is 11.7 Å². The second kappa shape index (κ2) is 7.54. The van der Waals surface area contributed by atoms with Gasteiger partial charge in [0.25, 0.3) is 11.7 Å². The second-order valence-corrected chi connectivity index (χ2v) is 6.45. The summed E-state index contributed by atoms with van der Waals surface area (Å²) in [7, 11) is 0. The number of hydrogen-bond donors (Lipinski definition) is 1. The maximum absolute atomic E-state index is 12.6. The Kier molecular flexibility index (Phi) is 5.19. The summed E-state index contributed by atoms with van der Waals surface area (Å²) in [5.41, 5.74) is 3.68. The molecule has 0 saturated carbocycles. The predicted molar refractivity (Wildman–Crippen MR) is 102 cm³/mol. The van der Waals surface area contributed by atoms with E-state index in [9.17, 15) is 9.59 Å². The van der Waals surface area contributed by atoms with Crippen LogP contribution in [-0.2, 0) is 11.3 Å². The number of aromatic nitrogens is 2. The van der Waals surface area contributed by atoms with Crippen molar-refractivity contribution in [2.45, 2.75) is 20.4 Å². The van der Waals surface area contributed by atoms with E-state index in [0.717, 1.165) is 17.0 Å². The van der Waals surface area contributed by atoms with Crippen LogP contribution in [0.15, 0.2) is 54.9 Å². The number of ketones is 1. The number of nitrogens with zero attached hydrogens (tertiary/aromatic N) is 2. The van der Waals surface area contributed by atoms with Gasteiger partial charge in [-0.3, -0.25) is 14.6 Å². The monoisotopic (exact) mass is 367 g/mol. The van der Waals surface area contributed by atoms with E-state index in [0.29, 0.717) is 22.8 Å². The molecule has 3 rings (SSSR count). The molecule has 132 valence electrons. The first-order valence-electron chi connectivity index (χ1n) is 8.12. The van der Waals surface area contributed by atoms with Gasteiger partial charge in [0.2, 0.25) is 0 Å². The van der Waals surface area contributed by atoms with Gasteiger partial charge >= 0.3 is 0 Å². The highest BCUT2D eigenvalue weighted by Crippen LogP contribution is 2.19. The zero-order valence-electron chi connectivity index (χ0n) is 14.5. The third-order valence-corrected chi connectivity index (χ3v) is 4.47. The molecule has 0 aliphatic rings. The first kappa shape index (κ1) is 17.9. The number of anilines is 1. The van der Waals surface area contributed by atoms with Crippen LogP contribution in [-0.4, -0.2) is 21.2 Å². The second-order valence-electron chi connectivity index (χ2n) is 6.02. The molecule has 0 fully saturated rings. The molecular weight excluding hydrogens is 350 g/mol. The largest absolute Gasteiger partial charge is 0.344 e. The topological polar surface area (TPSA) is 64.0 Å². The molecule has 1 N–H and O–H groups in total. The third kappa shape index (κ3) is 3.83. The van der Waals surface area contributed by atoms with Crippen LogP contribution >= 0.6 is 11.6 Å². The van der Waals surface area contributed by atoms with Gasteiger partial charge in [-0.05, 0) is 49.7 Å². The number of aryl methyl sites for hydroxylation is 1. The Bertz CT molecular complexity index is 947. The number of amides is 1. The van der Waals surface area contributed by atoms with Crippen LogP contribution < -0.4 is 5.32 Å². The number of carbonyl (C=O) groups is 2. The van der Waals surface area contributed by atoms with E-state index in [1.54, 1.807) is 30.6 Å². The van der Waals surface area contributed by atoms with Gasteiger partial charge in [-0.15, -0.1) is 0 Å². The Hall–Kier alpha value is -2.92. The minimum atomic E-state index is -0.664. The maximum Gasteiger partial charge on any atom is 0.296 e. The fourth-order valence-corrected chi connectivity index (χ4v) is 2.92. The lowest BCUT2D eigenvalue weighted by Crippen LogP contribution is -2.23. The lowest BCUT2D eigenvalue weighted by molar-refractivity contribution is -0.112. The van der Waals surface area contributed by atoms with Gasteiger partial charge in [0.05, 0.1) is 0 Å². The first-order valence-corrected chi connectivity index (χ1v) is 8.50. The summed E-state index contributed by atoms with van der Waals surface area (Å²) in [4.78, 5) is 28.7. The van der Waals surface area contributed by atoms with Gasteiger partial charge < -0.3 is 9.88 Å². The molecule has 0 saturated heterocycles. The van der Waals surface area contributed by atoms with Crippen molar-refractivity contribution < 1.29 is 9.59 Å². The molecule has 0 spiro atoms. The number of carbonyl (C=O) groups excluding carboxylic acids is 2. The lowest BCUT2D eigenvalue weighted by Gasteiger charge is -2.10. The van der Waals surface area contributed by atoms with Crippen LogP contribution in [0.25, 0.3) is 0 Å². The molecule has 2 aromatic heterocycles. The average Bonchev–Trinajstić information content (AvgIpc) is 2.92. The van der Waals surface area contributed by atoms with E-state index in [1.807, 2.05) is 42.7 Å². The summed E-state index contributed by atoms with van der Waals surface area (Å²) in [6.45, 7) is 4.37. The van der Waals surface area contributed by atoms with Crippen molar-refractivity contribution in [2.24, 2.45) is 0 Å². The summed E-state index contributed by atoms with van der Waals surface area (Å²) >= 11 is 5.92. The van der Waals surface area contributed by atoms with Gasteiger partial charge in [-0.1, -0.05) is 23.7 Å². The third-order valence-electron chi connectivity index (χ3n) is 4.22. The fourth-order valence-electron chi connectivity index (χ4n) is 2.79. The highest BCUT2D eigenvalue weighted by molar-refractivity contribution is 6.46. The van der Waals surface area contributed by atoms with Crippen molar-refractivity contribution in [1.29, 1.82) is 0 Å². The predicted octanol–water partition coefficient (Wildman–Crippen LogP) is 4.02. The number of halogens is 1. The number of Topliss-reactive ketones (excluding diaryl/α,β-unsaturated/α-hetero) is 1. The highest BCUT2D eigenvalue weighted by Gasteiger charge is 2.22. The molecule has 6 heteroatoms. The van der Waals surface area contributed by atoms with E-state index in [-0.39, 0.29) is 0 Å². The Labute approximate surface area is 156 Å². The van der Waals surface area contributed by atoms with Crippen LogP contribution in [0, 0.1) is 13.8 Å². The molecule has 0 aliphatic heterocycles. The number of benzene rings is 1. The molecule has 0 bridgehead atoms. The van der Waals surface area contributed by atoms with Crippen molar-refractivity contribution in [1.82, 2.24) is 9.55 Å². The molecule has 1 amide bonds. The van der Waals surface area contributed by atoms with Gasteiger partial charge in [0, 0.05) is 46.6 Å². The summed E-state index contributed by atoms with van der Waals surface area (Å²) in [5, 5.41) is 3.28. The molecule has 26 heavy (non-hydrogen) atoms. The zero-order chi connectivity index (χ0) is 18.7. The van der Waals surface area contributed by atoms with E-state index in [2.05, 4.69) is 10.3 Å². The molecule has 5 nitrogen and oxygen atoms in total. The van der Waals surface area contributed by atoms with E-state index in [1.165, 1.54) is 0 Å². The number of pyridine rings is 1. The molecule has 0 aliphatic carbocycles. The summed E-state index contributed by atoms with van der Waals surface area (Å²) in [5.74, 6) is -1.22. The molecule has 0 unspecified atom stereocenters. The van der Waals surface area contributed by atoms with Gasteiger partial charge in [-0.2, -0.15) is 0 Å². The Morgan fingerprint density at radius 2 is 1.73 bits per heavy atom. The summed E-state index contributed by atoms with van der Waals surface area (Å²) in [6, 6.07) is 12.6. The average molecular weight is 368 g/mol. The lowest BCUT2D eigenvalue weighted by atomic mass is 10.1. The molecule has 2 heterocycles. The summed E-state index contributed by atoms with van der Waals surface area (Å²) in [6.07, 6.45) is 3.11. The molecule has 1 aromatic carbocycles. The first-order chi connectivity index (χ1) is 12.5. The van der Waals surface area contributed by atoms with Crippen LogP contribution in [0.2, 0.25) is 5.02 Å². The van der Waals surface area contributed by atoms with Crippen LogP contribution in [0.1, 0.15) is 27.3 Å². The number of rotatable bonds is 5. The van der Waals surface area contributed by atoms with Crippen LogP contribution in [0.4, 0.5) is 5.69 Å². The standard InChI is InChI=1S/C20H18ClN3O2/c1-13-11-18(19(25)20(26)23-17-7-9-22-10-8-17)14(2)24(13)12-15-3-5-16(21)6-4-15/h3-11H,12H2,1-2H3,(H,22,23,26). The fraction of sp³-hybridized carbons (Fsp3) is 0.150. The van der Waals surface area contributed by atoms with Crippen molar-refractivity contribution in [3.63, 3.8) is 0 Å². The highest BCUT2D eigenvalue weighted by atomic mass is 35.5. The Morgan fingerprint density at radius 1 is 1.08 bits per heavy atom. The minimum absolute atomic E-state index is 0.406. The molecule has 0 radical (unpaired) electrons. The van der Waals surface area contributed by atoms with Gasteiger partial charge in [0.1, 0.15) is 0 Å². The Morgan fingerprint density at radius 3 is 2.38 bits per heavy atom. The van der Waals surface area contributed by atoms with Crippen LogP contribution in [0.5, 0.6) is 0 Å². The Balaban J connectivity index is 1.81. The number of nitrogens with one attached hydrogen (secondary N) is 1. The molecular formula is C20H18ClN3O2.